The van der Waals surface area contributed by atoms with E-state index < -0.39 is 0 Å². The Morgan fingerprint density at radius 1 is 2.00 bits per heavy atom. The van der Waals surface area contributed by atoms with Crippen molar-refractivity contribution in [2.24, 2.45) is 0 Å². The Hall–Kier alpha value is 0.243. The van der Waals surface area contributed by atoms with Gasteiger partial charge in [0.25, 0.3) is 0 Å². The molecule has 0 aliphatic heterocycles. The summed E-state index contributed by atoms with van der Waals surface area (Å²) in [5, 5.41) is 0. The molecular formula is C3H5GeO. The van der Waals surface area contributed by atoms with Crippen molar-refractivity contribution in [3.63, 3.8) is 0 Å². The normalized spacial score (nSPS) is 7.40. The van der Waals surface area contributed by atoms with Gasteiger partial charge in [-0.15, -0.1) is 0 Å². The fraction of sp³-hybridized carbons (Fsp3) is 0.333. The van der Waals surface area contributed by atoms with E-state index in [-0.39, 0.29) is 0 Å². The van der Waals surface area contributed by atoms with Crippen molar-refractivity contribution >= 4 is 16.9 Å². The van der Waals surface area contributed by atoms with E-state index in [4.69, 9.17) is 0 Å². The van der Waals surface area contributed by atoms with Crippen molar-refractivity contribution in [1.82, 2.24) is 0 Å². The molecule has 5 heavy (non-hydrogen) atoms. The van der Waals surface area contributed by atoms with Gasteiger partial charge in [-0.05, 0) is 0 Å². The van der Waals surface area contributed by atoms with Crippen LogP contribution in [-0.2, 0) is 3.76 Å². The van der Waals surface area contributed by atoms with E-state index in [0.717, 1.165) is 0 Å². The van der Waals surface area contributed by atoms with E-state index in [1.807, 2.05) is 0 Å². The molecule has 0 aromatic rings. The first-order chi connectivity index (χ1) is 2.41. The van der Waals surface area contributed by atoms with Crippen LogP contribution in [0.25, 0.3) is 0 Å². The van der Waals surface area contributed by atoms with Crippen molar-refractivity contribution in [3.05, 3.63) is 12.7 Å². The zero-order chi connectivity index (χ0) is 4.12. The molecule has 0 aromatic carbocycles. The van der Waals surface area contributed by atoms with Crippen LogP contribution in [0.3, 0.4) is 0 Å². The summed E-state index contributed by atoms with van der Waals surface area (Å²) in [6.07, 6.45) is 1.71. The van der Waals surface area contributed by atoms with E-state index in [1.165, 1.54) is 0 Å². The van der Waals surface area contributed by atoms with Crippen LogP contribution in [0.5, 0.6) is 0 Å². The zero-order valence-electron chi connectivity index (χ0n) is 2.90. The second kappa shape index (κ2) is 4.24. The molecular weight excluding hydrogens is 125 g/mol. The predicted molar refractivity (Wildman–Crippen MR) is 21.9 cm³/mol. The van der Waals surface area contributed by atoms with Gasteiger partial charge in [-0.2, -0.15) is 0 Å². The molecule has 0 fully saturated rings. The molecule has 0 saturated carbocycles. The quantitative estimate of drug-likeness (QED) is 0.384. The number of rotatable bonds is 2. The van der Waals surface area contributed by atoms with Crippen molar-refractivity contribution in [2.45, 2.75) is 0 Å². The molecule has 0 aliphatic carbocycles. The Morgan fingerprint density at radius 2 is 2.60 bits per heavy atom. The molecule has 0 aliphatic rings. The van der Waals surface area contributed by atoms with Gasteiger partial charge in [0.15, 0.2) is 0 Å². The maximum absolute atomic E-state index is 4.57. The van der Waals surface area contributed by atoms with Gasteiger partial charge in [-0.25, -0.2) is 0 Å². The fourth-order valence-corrected chi connectivity index (χ4v) is 0.306. The van der Waals surface area contributed by atoms with Gasteiger partial charge in [-0.3, -0.25) is 0 Å². The molecule has 0 atom stereocenters. The van der Waals surface area contributed by atoms with Crippen LogP contribution in [0.15, 0.2) is 12.7 Å². The molecule has 0 rings (SSSR count). The summed E-state index contributed by atoms with van der Waals surface area (Å²) < 4.78 is 4.57. The third-order valence-electron chi connectivity index (χ3n) is 0.201. The van der Waals surface area contributed by atoms with E-state index in [1.54, 1.807) is 22.9 Å². The van der Waals surface area contributed by atoms with Crippen molar-refractivity contribution in [1.29, 1.82) is 0 Å². The van der Waals surface area contributed by atoms with Gasteiger partial charge in [-0.1, -0.05) is 0 Å². The Labute approximate surface area is 40.6 Å². The SMILES string of the molecule is C=CC[O][Ge]. The third-order valence-corrected chi connectivity index (χ3v) is 0.551. The predicted octanol–water partition coefficient (Wildman–Crippen LogP) is 0.272. The van der Waals surface area contributed by atoms with E-state index >= 15 is 0 Å². The number of hydrogen-bond donors (Lipinski definition) is 0. The molecule has 2 heteroatoms. The minimum atomic E-state index is 0.653. The summed E-state index contributed by atoms with van der Waals surface area (Å²) in [4.78, 5) is 0. The maximum atomic E-state index is 4.57. The Morgan fingerprint density at radius 3 is 2.60 bits per heavy atom. The van der Waals surface area contributed by atoms with Crippen molar-refractivity contribution in [3.8, 4) is 0 Å². The Bertz CT molecular complexity index is 28.1. The van der Waals surface area contributed by atoms with Crippen molar-refractivity contribution in [2.75, 3.05) is 6.61 Å². The van der Waals surface area contributed by atoms with Gasteiger partial charge in [0.05, 0.1) is 0 Å². The van der Waals surface area contributed by atoms with Crippen LogP contribution in [0.1, 0.15) is 0 Å². The van der Waals surface area contributed by atoms with E-state index in [9.17, 15) is 0 Å². The molecule has 0 saturated heterocycles. The topological polar surface area (TPSA) is 9.23 Å². The average molecular weight is 130 g/mol. The molecule has 0 bridgehead atoms. The van der Waals surface area contributed by atoms with Crippen LogP contribution in [-0.4, -0.2) is 23.5 Å². The monoisotopic (exact) mass is 131 g/mol. The van der Waals surface area contributed by atoms with Crippen LogP contribution in [0, 0.1) is 0 Å². The summed E-state index contributed by atoms with van der Waals surface area (Å²) in [5.74, 6) is 0. The van der Waals surface area contributed by atoms with Gasteiger partial charge in [0.1, 0.15) is 0 Å². The second-order valence-corrected chi connectivity index (χ2v) is 1.21. The number of hydrogen-bond acceptors (Lipinski definition) is 1. The van der Waals surface area contributed by atoms with Gasteiger partial charge in [0.2, 0.25) is 0 Å². The minimum absolute atomic E-state index is 0.653. The molecule has 27 valence electrons. The fourth-order valence-electron chi connectivity index (χ4n) is 0.0589. The van der Waals surface area contributed by atoms with E-state index in [2.05, 4.69) is 10.3 Å². The van der Waals surface area contributed by atoms with Gasteiger partial charge < -0.3 is 0 Å². The Balaban J connectivity index is 2.40. The Kier molecular flexibility index (Phi) is 4.45. The molecule has 1 nitrogen and oxygen atoms in total. The van der Waals surface area contributed by atoms with E-state index in [0.29, 0.717) is 6.61 Å². The van der Waals surface area contributed by atoms with Crippen LogP contribution in [0.4, 0.5) is 0 Å². The van der Waals surface area contributed by atoms with Crippen LogP contribution >= 0.6 is 0 Å². The van der Waals surface area contributed by atoms with Crippen molar-refractivity contribution < 1.29 is 3.76 Å². The summed E-state index contributed by atoms with van der Waals surface area (Å²) in [5.41, 5.74) is 0. The first kappa shape index (κ1) is 5.24. The van der Waals surface area contributed by atoms with Crippen LogP contribution < -0.4 is 0 Å². The summed E-state index contributed by atoms with van der Waals surface area (Å²) >= 11 is 1.64. The summed E-state index contributed by atoms with van der Waals surface area (Å²) in [7, 11) is 0. The standard InChI is InChI=1S/C3H5GeO/c1-2-3-5-4/h2H,1,3H2. The second-order valence-electron chi connectivity index (χ2n) is 0.600. The molecule has 0 heterocycles. The average Bonchev–Trinajstić information content (AvgIpc) is 1.41. The summed E-state index contributed by atoms with van der Waals surface area (Å²) in [6.45, 7) is 4.08. The first-order valence-corrected chi connectivity index (χ1v) is 2.17. The molecule has 0 aromatic heterocycles. The third kappa shape index (κ3) is 4.24. The van der Waals surface area contributed by atoms with Gasteiger partial charge >= 0.3 is 39.9 Å². The van der Waals surface area contributed by atoms with Gasteiger partial charge in [0, 0.05) is 0 Å². The molecule has 0 unspecified atom stereocenters. The molecule has 0 amide bonds. The van der Waals surface area contributed by atoms with Crippen LogP contribution in [0.2, 0.25) is 0 Å². The first-order valence-electron chi connectivity index (χ1n) is 1.31. The summed E-state index contributed by atoms with van der Waals surface area (Å²) in [6, 6.07) is 0. The molecule has 0 N–H and O–H groups in total. The molecule has 3 radical (unpaired) electrons. The zero-order valence-corrected chi connectivity index (χ0v) is 5.00. The molecule has 0 spiro atoms.